The molecule has 0 radical (unpaired) electrons. The Balaban J connectivity index is 1.90. The predicted molar refractivity (Wildman–Crippen MR) is 74.5 cm³/mol. The van der Waals surface area contributed by atoms with Crippen molar-refractivity contribution >= 4 is 23.3 Å². The Morgan fingerprint density at radius 2 is 2.16 bits per heavy atom. The van der Waals surface area contributed by atoms with Crippen LogP contribution in [0.25, 0.3) is 0 Å². The molecule has 6 heteroatoms. The van der Waals surface area contributed by atoms with Crippen molar-refractivity contribution in [3.8, 4) is 0 Å². The number of hydrogen-bond donors (Lipinski definition) is 2. The fourth-order valence-corrected chi connectivity index (χ4v) is 2.70. The van der Waals surface area contributed by atoms with Gasteiger partial charge in [-0.15, -0.1) is 0 Å². The van der Waals surface area contributed by atoms with Crippen molar-refractivity contribution in [3.63, 3.8) is 0 Å². The quantitative estimate of drug-likeness (QED) is 0.837. The molecule has 1 heterocycles. The van der Waals surface area contributed by atoms with Crippen LogP contribution in [0.4, 0.5) is 5.82 Å². The first-order valence-electron chi connectivity index (χ1n) is 6.50. The van der Waals surface area contributed by atoms with Gasteiger partial charge >= 0.3 is 0 Å². The summed E-state index contributed by atoms with van der Waals surface area (Å²) in [4.78, 5) is 20.0. The van der Waals surface area contributed by atoms with Crippen molar-refractivity contribution in [2.45, 2.75) is 39.5 Å². The first-order chi connectivity index (χ1) is 8.98. The summed E-state index contributed by atoms with van der Waals surface area (Å²) >= 11 is 5.85. The van der Waals surface area contributed by atoms with Crippen molar-refractivity contribution in [3.05, 3.63) is 17.5 Å². The van der Waals surface area contributed by atoms with E-state index >= 15 is 0 Å². The van der Waals surface area contributed by atoms with Gasteiger partial charge in [-0.2, -0.15) is 0 Å². The summed E-state index contributed by atoms with van der Waals surface area (Å²) in [7, 11) is 0. The Morgan fingerprint density at radius 3 is 2.84 bits per heavy atom. The minimum atomic E-state index is -0.00510. The number of anilines is 1. The molecule has 19 heavy (non-hydrogen) atoms. The first-order valence-corrected chi connectivity index (χ1v) is 6.88. The number of halogens is 1. The lowest BCUT2D eigenvalue weighted by Gasteiger charge is -2.34. The third-order valence-electron chi connectivity index (χ3n) is 3.53. The Morgan fingerprint density at radius 1 is 1.42 bits per heavy atom. The van der Waals surface area contributed by atoms with Crippen molar-refractivity contribution in [1.82, 2.24) is 15.4 Å². The molecule has 104 valence electrons. The minimum Gasteiger partial charge on any atom is -0.279 e. The monoisotopic (exact) mass is 282 g/mol. The molecule has 1 unspecified atom stereocenters. The summed E-state index contributed by atoms with van der Waals surface area (Å²) < 4.78 is 0. The average Bonchev–Trinajstić information content (AvgIpc) is 2.36. The van der Waals surface area contributed by atoms with Crippen LogP contribution in [0.2, 0.25) is 5.15 Å². The van der Waals surface area contributed by atoms with Crippen LogP contribution in [0.15, 0.2) is 12.4 Å². The van der Waals surface area contributed by atoms with Crippen LogP contribution in [-0.4, -0.2) is 15.9 Å². The van der Waals surface area contributed by atoms with Crippen LogP contribution in [0, 0.1) is 11.3 Å². The molecular formula is C13H19ClN4O. The van der Waals surface area contributed by atoms with E-state index in [0.29, 0.717) is 5.82 Å². The smallest absolute Gasteiger partial charge is 0.241 e. The highest BCUT2D eigenvalue weighted by Gasteiger charge is 2.31. The molecule has 2 N–H and O–H groups in total. The summed E-state index contributed by atoms with van der Waals surface area (Å²) in [6.07, 6.45) is 7.14. The predicted octanol–water partition coefficient (Wildman–Crippen LogP) is 2.79. The number of carbonyl (C=O) groups is 1. The van der Waals surface area contributed by atoms with Gasteiger partial charge in [-0.25, -0.2) is 9.97 Å². The van der Waals surface area contributed by atoms with Gasteiger partial charge in [-0.1, -0.05) is 31.9 Å². The molecular weight excluding hydrogens is 264 g/mol. The van der Waals surface area contributed by atoms with E-state index in [9.17, 15) is 4.79 Å². The Hall–Kier alpha value is -1.36. The molecule has 0 aromatic carbocycles. The Labute approximate surface area is 118 Å². The van der Waals surface area contributed by atoms with Crippen LogP contribution < -0.4 is 10.9 Å². The lowest BCUT2D eigenvalue weighted by atomic mass is 9.72. The van der Waals surface area contributed by atoms with Gasteiger partial charge in [0.15, 0.2) is 11.0 Å². The van der Waals surface area contributed by atoms with Crippen molar-refractivity contribution in [2.24, 2.45) is 11.3 Å². The summed E-state index contributed by atoms with van der Waals surface area (Å²) in [6, 6.07) is 0. The normalized spacial score (nSPS) is 21.7. The highest BCUT2D eigenvalue weighted by atomic mass is 35.5. The second kappa shape index (κ2) is 5.74. The summed E-state index contributed by atoms with van der Waals surface area (Å²) in [5.74, 6) is 0.411. The van der Waals surface area contributed by atoms with Gasteiger partial charge < -0.3 is 0 Å². The highest BCUT2D eigenvalue weighted by Crippen LogP contribution is 2.38. The van der Waals surface area contributed by atoms with Crippen LogP contribution in [-0.2, 0) is 4.79 Å². The van der Waals surface area contributed by atoms with Crippen molar-refractivity contribution in [2.75, 3.05) is 5.43 Å². The third kappa shape index (κ3) is 3.80. The maximum atomic E-state index is 12.1. The molecule has 1 aliphatic carbocycles. The van der Waals surface area contributed by atoms with E-state index in [2.05, 4.69) is 34.7 Å². The molecule has 5 nitrogen and oxygen atoms in total. The van der Waals surface area contributed by atoms with E-state index in [1.54, 1.807) is 0 Å². The van der Waals surface area contributed by atoms with Crippen LogP contribution in [0.5, 0.6) is 0 Å². The van der Waals surface area contributed by atoms with Gasteiger partial charge in [-0.3, -0.25) is 15.6 Å². The molecule has 1 aromatic heterocycles. The molecule has 0 saturated heterocycles. The van der Waals surface area contributed by atoms with Gasteiger partial charge in [0.2, 0.25) is 5.91 Å². The number of amides is 1. The lowest BCUT2D eigenvalue weighted by molar-refractivity contribution is -0.126. The van der Waals surface area contributed by atoms with Crippen molar-refractivity contribution < 1.29 is 4.79 Å². The number of carbonyl (C=O) groups excluding carboxylic acids is 1. The summed E-state index contributed by atoms with van der Waals surface area (Å²) in [6.45, 7) is 4.42. The molecule has 1 atom stereocenters. The molecule has 1 saturated carbocycles. The topological polar surface area (TPSA) is 66.9 Å². The van der Waals surface area contributed by atoms with Crippen LogP contribution >= 0.6 is 11.6 Å². The average molecular weight is 283 g/mol. The van der Waals surface area contributed by atoms with Gasteiger partial charge in [-0.05, 0) is 24.7 Å². The Kier molecular flexibility index (Phi) is 4.24. The van der Waals surface area contributed by atoms with E-state index < -0.39 is 0 Å². The first kappa shape index (κ1) is 14.1. The van der Waals surface area contributed by atoms with Gasteiger partial charge in [0, 0.05) is 18.3 Å². The van der Waals surface area contributed by atoms with E-state index in [4.69, 9.17) is 11.6 Å². The molecule has 1 amide bonds. The number of hydrazine groups is 1. The fraction of sp³-hybridized carbons (Fsp3) is 0.615. The maximum absolute atomic E-state index is 12.1. The second-order valence-corrected chi connectivity index (χ2v) is 6.13. The third-order valence-corrected chi connectivity index (χ3v) is 3.81. The number of aromatic nitrogens is 2. The molecule has 1 fully saturated rings. The zero-order valence-electron chi connectivity index (χ0n) is 11.2. The standard InChI is InChI=1S/C13H19ClN4O/c1-13(2)5-3-4-9(8-13)12(19)18-17-11-10(14)15-6-7-16-11/h6-7,9H,3-5,8H2,1-2H3,(H,16,17)(H,18,19). The van der Waals surface area contributed by atoms with Gasteiger partial charge in [0.05, 0.1) is 0 Å². The van der Waals surface area contributed by atoms with Crippen molar-refractivity contribution in [1.29, 1.82) is 0 Å². The molecule has 2 rings (SSSR count). The van der Waals surface area contributed by atoms with E-state index in [-0.39, 0.29) is 22.4 Å². The van der Waals surface area contributed by atoms with E-state index in [1.165, 1.54) is 18.8 Å². The summed E-state index contributed by atoms with van der Waals surface area (Å²) in [5.41, 5.74) is 5.64. The molecule has 0 spiro atoms. The molecule has 1 aromatic rings. The second-order valence-electron chi connectivity index (χ2n) is 5.77. The Bertz CT molecular complexity index is 464. The SMILES string of the molecule is CC1(C)CCCC(C(=O)NNc2nccnc2Cl)C1. The maximum Gasteiger partial charge on any atom is 0.241 e. The van der Waals surface area contributed by atoms with Gasteiger partial charge in [0.25, 0.3) is 0 Å². The number of rotatable bonds is 3. The van der Waals surface area contributed by atoms with Crippen LogP contribution in [0.1, 0.15) is 39.5 Å². The zero-order chi connectivity index (χ0) is 13.9. The van der Waals surface area contributed by atoms with E-state index in [1.807, 2.05) is 0 Å². The lowest BCUT2D eigenvalue weighted by Crippen LogP contribution is -2.39. The summed E-state index contributed by atoms with van der Waals surface area (Å²) in [5, 5.41) is 0.242. The number of nitrogens with zero attached hydrogens (tertiary/aromatic N) is 2. The zero-order valence-corrected chi connectivity index (χ0v) is 12.0. The number of hydrogen-bond acceptors (Lipinski definition) is 4. The van der Waals surface area contributed by atoms with Crippen LogP contribution in [0.3, 0.4) is 0 Å². The number of nitrogens with one attached hydrogen (secondary N) is 2. The van der Waals surface area contributed by atoms with Gasteiger partial charge in [0.1, 0.15) is 0 Å². The molecule has 0 aliphatic heterocycles. The minimum absolute atomic E-state index is 0.00510. The van der Waals surface area contributed by atoms with E-state index in [0.717, 1.165) is 19.3 Å². The fourth-order valence-electron chi connectivity index (χ4n) is 2.55. The molecule has 1 aliphatic rings. The molecule has 0 bridgehead atoms. The largest absolute Gasteiger partial charge is 0.279 e. The highest BCUT2D eigenvalue weighted by molar-refractivity contribution is 6.31.